The van der Waals surface area contributed by atoms with E-state index in [1.165, 1.54) is 0 Å². The van der Waals surface area contributed by atoms with E-state index in [-0.39, 0.29) is 6.23 Å². The molecule has 1 saturated heterocycles. The summed E-state index contributed by atoms with van der Waals surface area (Å²) in [4.78, 5) is 0. The van der Waals surface area contributed by atoms with Gasteiger partial charge in [0, 0.05) is 17.6 Å². The maximum Gasteiger partial charge on any atom is 0.150 e. The van der Waals surface area contributed by atoms with Gasteiger partial charge < -0.3 is 9.47 Å². The first-order valence-corrected chi connectivity index (χ1v) is 9.93. The molecule has 28 heavy (non-hydrogen) atoms. The molecule has 2 heterocycles. The maximum atomic E-state index is 9.34. The fraction of sp³-hybridized carbons (Fsp3) is 0.391. The van der Waals surface area contributed by atoms with Crippen molar-refractivity contribution in [2.75, 3.05) is 13.2 Å². The Hall–Kier alpha value is -2.84. The molecule has 0 N–H and O–H groups in total. The highest BCUT2D eigenvalue weighted by molar-refractivity contribution is 5.94. The monoisotopic (exact) mass is 375 g/mol. The van der Waals surface area contributed by atoms with Gasteiger partial charge in [0.15, 0.2) is 6.23 Å². The molecule has 0 spiro atoms. The Bertz CT molecular complexity index is 993. The second-order valence-electron chi connectivity index (χ2n) is 7.69. The highest BCUT2D eigenvalue weighted by Gasteiger charge is 2.22. The topological polar surface area (TPSA) is 60.1 Å². The van der Waals surface area contributed by atoms with Gasteiger partial charge in [-0.1, -0.05) is 13.8 Å². The van der Waals surface area contributed by atoms with E-state index in [2.05, 4.69) is 19.9 Å². The van der Waals surface area contributed by atoms with Crippen molar-refractivity contribution in [2.45, 2.75) is 39.3 Å². The molecule has 1 atom stereocenters. The minimum Gasteiger partial charge on any atom is -0.493 e. The van der Waals surface area contributed by atoms with Crippen LogP contribution in [-0.4, -0.2) is 23.0 Å². The van der Waals surface area contributed by atoms with E-state index >= 15 is 0 Å². The Kier molecular flexibility index (Phi) is 5.31. The quantitative estimate of drug-likeness (QED) is 0.606. The molecule has 2 aromatic carbocycles. The van der Waals surface area contributed by atoms with Gasteiger partial charge in [0.25, 0.3) is 0 Å². The predicted molar refractivity (Wildman–Crippen MR) is 109 cm³/mol. The molecule has 144 valence electrons. The number of fused-ring (bicyclic) bond motifs is 1. The van der Waals surface area contributed by atoms with Crippen molar-refractivity contribution in [3.8, 4) is 23.1 Å². The fourth-order valence-electron chi connectivity index (χ4n) is 3.53. The fourth-order valence-corrected chi connectivity index (χ4v) is 3.53. The van der Waals surface area contributed by atoms with E-state index < -0.39 is 0 Å². The van der Waals surface area contributed by atoms with Crippen LogP contribution in [0.15, 0.2) is 42.5 Å². The Morgan fingerprint density at radius 3 is 2.71 bits per heavy atom. The van der Waals surface area contributed by atoms with Gasteiger partial charge >= 0.3 is 0 Å². The van der Waals surface area contributed by atoms with Crippen LogP contribution in [-0.2, 0) is 4.74 Å². The van der Waals surface area contributed by atoms with Crippen LogP contribution in [0.2, 0.25) is 0 Å². The van der Waals surface area contributed by atoms with Gasteiger partial charge in [-0.15, -0.1) is 0 Å². The zero-order valence-electron chi connectivity index (χ0n) is 16.4. The number of benzene rings is 2. The second-order valence-corrected chi connectivity index (χ2v) is 7.69. The van der Waals surface area contributed by atoms with E-state index in [0.29, 0.717) is 18.1 Å². The molecule has 0 aliphatic carbocycles. The van der Waals surface area contributed by atoms with Crippen LogP contribution in [0.1, 0.15) is 44.9 Å². The van der Waals surface area contributed by atoms with E-state index in [1.807, 2.05) is 47.1 Å². The van der Waals surface area contributed by atoms with Crippen molar-refractivity contribution in [1.82, 2.24) is 9.78 Å². The van der Waals surface area contributed by atoms with Gasteiger partial charge in [0.1, 0.15) is 11.4 Å². The maximum absolute atomic E-state index is 9.34. The Morgan fingerprint density at radius 1 is 1.21 bits per heavy atom. The largest absolute Gasteiger partial charge is 0.493 e. The minimum atomic E-state index is -0.0495. The number of hydrogen-bond acceptors (Lipinski definition) is 4. The lowest BCUT2D eigenvalue weighted by molar-refractivity contribution is -0.0365. The van der Waals surface area contributed by atoms with Crippen LogP contribution < -0.4 is 4.74 Å². The van der Waals surface area contributed by atoms with E-state index in [0.717, 1.165) is 53.8 Å². The van der Waals surface area contributed by atoms with Crippen LogP contribution >= 0.6 is 0 Å². The molecule has 0 radical (unpaired) electrons. The van der Waals surface area contributed by atoms with E-state index in [9.17, 15) is 5.26 Å². The highest BCUT2D eigenvalue weighted by atomic mass is 16.5. The van der Waals surface area contributed by atoms with Crippen molar-refractivity contribution in [2.24, 2.45) is 5.92 Å². The standard InChI is InChI=1S/C23H25N3O2/c1-16(2)15-28-19-9-7-18(8-10-19)23-20-13-17(14-24)6-11-21(20)26(25-23)22-5-3-4-12-27-22/h6-11,13,16,22H,3-5,12,15H2,1-2H3. The van der Waals surface area contributed by atoms with Crippen LogP contribution in [0.4, 0.5) is 0 Å². The molecule has 5 heteroatoms. The number of hydrogen-bond donors (Lipinski definition) is 0. The van der Waals surface area contributed by atoms with Crippen molar-refractivity contribution >= 4 is 10.9 Å². The van der Waals surface area contributed by atoms with Crippen molar-refractivity contribution in [1.29, 1.82) is 5.26 Å². The molecule has 4 rings (SSSR count). The van der Waals surface area contributed by atoms with Crippen molar-refractivity contribution < 1.29 is 9.47 Å². The van der Waals surface area contributed by atoms with Crippen LogP contribution in [0.5, 0.6) is 5.75 Å². The number of nitriles is 1. The molecule has 3 aromatic rings. The summed E-state index contributed by atoms with van der Waals surface area (Å²) < 4.78 is 13.7. The lowest BCUT2D eigenvalue weighted by Gasteiger charge is -2.23. The van der Waals surface area contributed by atoms with Gasteiger partial charge in [-0.05, 0) is 67.6 Å². The average Bonchev–Trinajstić information content (AvgIpc) is 3.12. The number of rotatable bonds is 5. The minimum absolute atomic E-state index is 0.0495. The molecule has 0 amide bonds. The summed E-state index contributed by atoms with van der Waals surface area (Å²) in [5, 5.41) is 15.2. The summed E-state index contributed by atoms with van der Waals surface area (Å²) in [5.74, 6) is 1.34. The summed E-state index contributed by atoms with van der Waals surface area (Å²) in [6, 6.07) is 16.0. The summed E-state index contributed by atoms with van der Waals surface area (Å²) in [6.45, 7) is 5.72. The SMILES string of the molecule is CC(C)COc1ccc(-c2nn(C3CCCCO3)c3ccc(C#N)cc23)cc1. The second kappa shape index (κ2) is 8.04. The molecule has 5 nitrogen and oxygen atoms in total. The lowest BCUT2D eigenvalue weighted by Crippen LogP contribution is -2.19. The third-order valence-electron chi connectivity index (χ3n) is 4.97. The van der Waals surface area contributed by atoms with Gasteiger partial charge in [0.2, 0.25) is 0 Å². The molecule has 1 aliphatic rings. The molecule has 1 fully saturated rings. The smallest absolute Gasteiger partial charge is 0.150 e. The highest BCUT2D eigenvalue weighted by Crippen LogP contribution is 2.34. The van der Waals surface area contributed by atoms with Gasteiger partial charge in [-0.2, -0.15) is 10.4 Å². The van der Waals surface area contributed by atoms with Crippen LogP contribution in [0.25, 0.3) is 22.2 Å². The average molecular weight is 375 g/mol. The van der Waals surface area contributed by atoms with Crippen molar-refractivity contribution in [3.63, 3.8) is 0 Å². The summed E-state index contributed by atoms with van der Waals surface area (Å²) in [5.41, 5.74) is 3.51. The third kappa shape index (κ3) is 3.74. The first-order chi connectivity index (χ1) is 13.7. The van der Waals surface area contributed by atoms with Gasteiger partial charge in [-0.25, -0.2) is 4.68 Å². The predicted octanol–water partition coefficient (Wildman–Crippen LogP) is 5.31. The zero-order chi connectivity index (χ0) is 19.5. The summed E-state index contributed by atoms with van der Waals surface area (Å²) >= 11 is 0. The lowest BCUT2D eigenvalue weighted by atomic mass is 10.1. The normalized spacial score (nSPS) is 17.0. The van der Waals surface area contributed by atoms with Crippen LogP contribution in [0.3, 0.4) is 0 Å². The Morgan fingerprint density at radius 2 is 2.04 bits per heavy atom. The Balaban J connectivity index is 1.74. The van der Waals surface area contributed by atoms with Crippen LogP contribution in [0, 0.1) is 17.2 Å². The molecule has 1 aromatic heterocycles. The zero-order valence-corrected chi connectivity index (χ0v) is 16.4. The summed E-state index contributed by atoms with van der Waals surface area (Å²) in [7, 11) is 0. The van der Waals surface area contributed by atoms with Crippen molar-refractivity contribution in [3.05, 3.63) is 48.0 Å². The number of ether oxygens (including phenoxy) is 2. The third-order valence-corrected chi connectivity index (χ3v) is 4.97. The number of aromatic nitrogens is 2. The first-order valence-electron chi connectivity index (χ1n) is 9.93. The molecular weight excluding hydrogens is 350 g/mol. The molecule has 0 bridgehead atoms. The van der Waals surface area contributed by atoms with Gasteiger partial charge in [0.05, 0.1) is 23.8 Å². The van der Waals surface area contributed by atoms with E-state index in [1.54, 1.807) is 0 Å². The number of nitrogens with zero attached hydrogens (tertiary/aromatic N) is 3. The Labute approximate surface area is 165 Å². The van der Waals surface area contributed by atoms with Gasteiger partial charge in [-0.3, -0.25) is 0 Å². The molecule has 1 aliphatic heterocycles. The molecular formula is C23H25N3O2. The molecule has 1 unspecified atom stereocenters. The first kappa shape index (κ1) is 18.5. The molecule has 0 saturated carbocycles. The summed E-state index contributed by atoms with van der Waals surface area (Å²) in [6.07, 6.45) is 3.14. The van der Waals surface area contributed by atoms with E-state index in [4.69, 9.17) is 14.6 Å².